The van der Waals surface area contributed by atoms with Crippen LogP contribution < -0.4 is 16.0 Å². The third-order valence-electron chi connectivity index (χ3n) is 4.90. The molecule has 2 aliphatic heterocycles. The summed E-state index contributed by atoms with van der Waals surface area (Å²) in [6.07, 6.45) is 6.94. The van der Waals surface area contributed by atoms with E-state index in [0.29, 0.717) is 24.6 Å². The van der Waals surface area contributed by atoms with Crippen LogP contribution in [0.25, 0.3) is 0 Å². The maximum atomic E-state index is 13.8. The second kappa shape index (κ2) is 7.59. The van der Waals surface area contributed by atoms with Crippen molar-refractivity contribution < 1.29 is 4.39 Å². The molecule has 0 bridgehead atoms. The molecule has 2 aromatic rings. The van der Waals surface area contributed by atoms with Gasteiger partial charge in [-0.25, -0.2) is 14.4 Å². The van der Waals surface area contributed by atoms with Crippen molar-refractivity contribution in [3.63, 3.8) is 0 Å². The van der Waals surface area contributed by atoms with E-state index < -0.39 is 5.54 Å². The highest BCUT2D eigenvalue weighted by molar-refractivity contribution is 7.99. The Bertz CT molecular complexity index is 768. The van der Waals surface area contributed by atoms with Crippen LogP contribution in [-0.4, -0.2) is 44.3 Å². The first-order valence-corrected chi connectivity index (χ1v) is 9.35. The van der Waals surface area contributed by atoms with Crippen molar-refractivity contribution in [1.82, 2.24) is 25.3 Å². The number of nitrogens with zero attached hydrogens (tertiary/aromatic N) is 5. The highest BCUT2D eigenvalue weighted by Gasteiger charge is 2.52. The lowest BCUT2D eigenvalue weighted by Gasteiger charge is -2.41. The SMILES string of the molecule is CCc1nc(N2C[C@H]3CSC(N)N[C@@]3(c3cnccn3)C2)ncc1F.Cl. The zero-order valence-corrected chi connectivity index (χ0v) is 15.9. The van der Waals surface area contributed by atoms with Gasteiger partial charge in [-0.1, -0.05) is 6.92 Å². The highest BCUT2D eigenvalue weighted by atomic mass is 35.5. The van der Waals surface area contributed by atoms with E-state index in [1.54, 1.807) is 30.4 Å². The quantitative estimate of drug-likeness (QED) is 0.800. The number of anilines is 1. The number of aryl methyl sites for hydroxylation is 1. The summed E-state index contributed by atoms with van der Waals surface area (Å²) >= 11 is 1.69. The topological polar surface area (TPSA) is 92.9 Å². The van der Waals surface area contributed by atoms with Gasteiger partial charge in [-0.3, -0.25) is 15.3 Å². The Morgan fingerprint density at radius 2 is 2.23 bits per heavy atom. The normalized spacial score (nSPS) is 27.7. The van der Waals surface area contributed by atoms with Gasteiger partial charge in [-0.05, 0) is 6.42 Å². The fourth-order valence-electron chi connectivity index (χ4n) is 3.63. The fraction of sp³-hybridized carbons (Fsp3) is 0.500. The molecule has 26 heavy (non-hydrogen) atoms. The number of thioether (sulfide) groups is 1. The van der Waals surface area contributed by atoms with E-state index in [-0.39, 0.29) is 29.6 Å². The maximum absolute atomic E-state index is 13.8. The molecule has 3 N–H and O–H groups in total. The summed E-state index contributed by atoms with van der Waals surface area (Å²) in [7, 11) is 0. The van der Waals surface area contributed by atoms with E-state index in [2.05, 4.69) is 30.2 Å². The minimum absolute atomic E-state index is 0. The van der Waals surface area contributed by atoms with Crippen molar-refractivity contribution in [1.29, 1.82) is 0 Å². The molecule has 1 unspecified atom stereocenters. The molecule has 4 heterocycles. The van der Waals surface area contributed by atoms with E-state index in [9.17, 15) is 4.39 Å². The highest BCUT2D eigenvalue weighted by Crippen LogP contribution is 2.42. The number of halogens is 2. The predicted molar refractivity (Wildman–Crippen MR) is 102 cm³/mol. The smallest absolute Gasteiger partial charge is 0.225 e. The van der Waals surface area contributed by atoms with Crippen LogP contribution in [0.4, 0.5) is 10.3 Å². The van der Waals surface area contributed by atoms with Gasteiger partial charge < -0.3 is 10.6 Å². The minimum atomic E-state index is -0.400. The molecule has 2 fully saturated rings. The van der Waals surface area contributed by atoms with Gasteiger partial charge >= 0.3 is 0 Å². The zero-order chi connectivity index (χ0) is 17.4. The molecule has 2 aromatic heterocycles. The van der Waals surface area contributed by atoms with E-state index in [1.165, 1.54) is 6.20 Å². The largest absolute Gasteiger partial charge is 0.338 e. The van der Waals surface area contributed by atoms with Crippen molar-refractivity contribution in [3.8, 4) is 0 Å². The standard InChI is InChI=1S/C16H20FN7S.ClH/c1-2-12-11(17)5-21-15(22-12)24-7-10-8-25-14(18)23-16(10,9-24)13-6-19-3-4-20-13;/h3-6,10,14,23H,2,7-9,18H2,1H3;1H/t10-,14?,16-;/m0./s1. The van der Waals surface area contributed by atoms with Gasteiger partial charge in [-0.15, -0.1) is 24.2 Å². The Kier molecular flexibility index (Phi) is 5.61. The molecule has 7 nitrogen and oxygen atoms in total. The summed E-state index contributed by atoms with van der Waals surface area (Å²) < 4.78 is 13.8. The number of aromatic nitrogens is 4. The molecule has 0 spiro atoms. The van der Waals surface area contributed by atoms with Gasteiger partial charge in [0, 0.05) is 37.2 Å². The van der Waals surface area contributed by atoms with Crippen LogP contribution in [0.2, 0.25) is 0 Å². The molecule has 2 aliphatic rings. The van der Waals surface area contributed by atoms with E-state index in [1.807, 2.05) is 6.92 Å². The lowest BCUT2D eigenvalue weighted by atomic mass is 9.85. The lowest BCUT2D eigenvalue weighted by Crippen LogP contribution is -2.59. The van der Waals surface area contributed by atoms with Crippen LogP contribution in [-0.2, 0) is 12.0 Å². The van der Waals surface area contributed by atoms with Crippen molar-refractivity contribution in [2.45, 2.75) is 24.4 Å². The number of hydrogen-bond donors (Lipinski definition) is 2. The van der Waals surface area contributed by atoms with E-state index >= 15 is 0 Å². The molecule has 0 saturated carbocycles. The van der Waals surface area contributed by atoms with Gasteiger partial charge in [0.15, 0.2) is 5.82 Å². The van der Waals surface area contributed by atoms with Crippen LogP contribution in [0.3, 0.4) is 0 Å². The maximum Gasteiger partial charge on any atom is 0.225 e. The summed E-state index contributed by atoms with van der Waals surface area (Å²) in [6, 6.07) is 0. The Balaban J connectivity index is 0.00000196. The van der Waals surface area contributed by atoms with Gasteiger partial charge in [0.25, 0.3) is 0 Å². The molecule has 4 rings (SSSR count). The molecule has 140 valence electrons. The second-order valence-corrected chi connectivity index (χ2v) is 7.53. The average Bonchev–Trinajstić information content (AvgIpc) is 3.03. The Hall–Kier alpha value is -1.55. The van der Waals surface area contributed by atoms with Gasteiger partial charge in [0.05, 0.1) is 29.3 Å². The van der Waals surface area contributed by atoms with Crippen molar-refractivity contribution >= 4 is 30.1 Å². The molecular weight excluding hydrogens is 377 g/mol. The second-order valence-electron chi connectivity index (χ2n) is 6.36. The summed E-state index contributed by atoms with van der Waals surface area (Å²) in [5.74, 6) is 1.38. The van der Waals surface area contributed by atoms with Gasteiger partial charge in [0.1, 0.15) is 5.50 Å². The van der Waals surface area contributed by atoms with E-state index in [0.717, 1.165) is 18.0 Å². The average molecular weight is 398 g/mol. The van der Waals surface area contributed by atoms with E-state index in [4.69, 9.17) is 5.73 Å². The number of rotatable bonds is 3. The molecule has 0 aromatic carbocycles. The van der Waals surface area contributed by atoms with Crippen LogP contribution in [0.1, 0.15) is 18.3 Å². The zero-order valence-electron chi connectivity index (χ0n) is 14.3. The summed E-state index contributed by atoms with van der Waals surface area (Å²) in [4.78, 5) is 19.5. The Labute approximate surface area is 161 Å². The Morgan fingerprint density at radius 1 is 1.38 bits per heavy atom. The number of fused-ring (bicyclic) bond motifs is 1. The number of nitrogens with two attached hydrogens (primary N) is 1. The number of hydrogen-bond acceptors (Lipinski definition) is 8. The summed E-state index contributed by atoms with van der Waals surface area (Å²) in [5.41, 5.74) is 6.91. The van der Waals surface area contributed by atoms with Crippen LogP contribution >= 0.6 is 24.2 Å². The first-order valence-electron chi connectivity index (χ1n) is 8.30. The van der Waals surface area contributed by atoms with Crippen LogP contribution in [0.15, 0.2) is 24.8 Å². The number of nitrogens with one attached hydrogen (secondary N) is 1. The predicted octanol–water partition coefficient (Wildman–Crippen LogP) is 1.30. The van der Waals surface area contributed by atoms with Gasteiger partial charge in [-0.2, -0.15) is 0 Å². The van der Waals surface area contributed by atoms with Crippen molar-refractivity contribution in [2.75, 3.05) is 23.7 Å². The first-order chi connectivity index (χ1) is 12.1. The molecular formula is C16H21ClFN7S. The summed E-state index contributed by atoms with van der Waals surface area (Å²) in [5, 5.41) is 3.51. The lowest BCUT2D eigenvalue weighted by molar-refractivity contribution is 0.266. The van der Waals surface area contributed by atoms with Crippen molar-refractivity contribution in [2.24, 2.45) is 11.7 Å². The first kappa shape index (κ1) is 19.2. The molecule has 3 atom stereocenters. The molecule has 0 amide bonds. The van der Waals surface area contributed by atoms with Gasteiger partial charge in [0.2, 0.25) is 5.95 Å². The third kappa shape index (κ3) is 3.24. The molecule has 10 heteroatoms. The van der Waals surface area contributed by atoms with Crippen LogP contribution in [0.5, 0.6) is 0 Å². The van der Waals surface area contributed by atoms with Crippen molar-refractivity contribution in [3.05, 3.63) is 42.0 Å². The monoisotopic (exact) mass is 397 g/mol. The Morgan fingerprint density at radius 3 is 2.96 bits per heavy atom. The molecule has 0 aliphatic carbocycles. The fourth-order valence-corrected chi connectivity index (χ4v) is 4.75. The molecule has 0 radical (unpaired) electrons. The third-order valence-corrected chi connectivity index (χ3v) is 5.97. The minimum Gasteiger partial charge on any atom is -0.338 e. The van der Waals surface area contributed by atoms with Crippen LogP contribution in [0, 0.1) is 11.7 Å². The molecule has 2 saturated heterocycles. The summed E-state index contributed by atoms with van der Waals surface area (Å²) in [6.45, 7) is 3.27.